The van der Waals surface area contributed by atoms with Crippen LogP contribution in [0.1, 0.15) is 12.0 Å². The summed E-state index contributed by atoms with van der Waals surface area (Å²) in [4.78, 5) is 26.9. The van der Waals surface area contributed by atoms with E-state index in [-0.39, 0.29) is 24.8 Å². The molecule has 0 unspecified atom stereocenters. The Hall–Kier alpha value is -3.42. The fraction of sp³-hybridized carbons (Fsp3) is 0.200. The Labute approximate surface area is 207 Å². The average molecular weight is 500 g/mol. The number of anilines is 2. The highest BCUT2D eigenvalue weighted by Crippen LogP contribution is 2.36. The van der Waals surface area contributed by atoms with Gasteiger partial charge in [-0.3, -0.25) is 20.4 Å². The molecular weight excluding hydrogens is 477 g/mol. The Morgan fingerprint density at radius 3 is 2.44 bits per heavy atom. The van der Waals surface area contributed by atoms with Gasteiger partial charge in [-0.15, -0.1) is 0 Å². The van der Waals surface area contributed by atoms with Crippen molar-refractivity contribution in [2.45, 2.75) is 13.0 Å². The molecule has 1 aliphatic rings. The number of nitrogens with zero attached hydrogens (tertiary/aromatic N) is 1. The quantitative estimate of drug-likeness (QED) is 0.422. The molecule has 0 aliphatic carbocycles. The molecule has 2 amide bonds. The van der Waals surface area contributed by atoms with Crippen molar-refractivity contribution < 1.29 is 19.1 Å². The Morgan fingerprint density at radius 2 is 1.74 bits per heavy atom. The molecule has 34 heavy (non-hydrogen) atoms. The lowest BCUT2D eigenvalue weighted by Crippen LogP contribution is -2.36. The van der Waals surface area contributed by atoms with E-state index in [9.17, 15) is 9.59 Å². The molecule has 0 radical (unpaired) electrons. The zero-order valence-corrected chi connectivity index (χ0v) is 19.9. The third-order valence-corrected chi connectivity index (χ3v) is 6.21. The number of hydrazine groups is 1. The highest BCUT2D eigenvalue weighted by Gasteiger charge is 2.35. The number of benzene rings is 3. The van der Waals surface area contributed by atoms with E-state index in [0.29, 0.717) is 39.3 Å². The summed E-state index contributed by atoms with van der Waals surface area (Å²) < 4.78 is 11.4. The van der Waals surface area contributed by atoms with Crippen molar-refractivity contribution in [1.29, 1.82) is 0 Å². The third kappa shape index (κ3) is 5.21. The number of amides is 2. The third-order valence-electron chi connectivity index (χ3n) is 5.51. The van der Waals surface area contributed by atoms with Crippen molar-refractivity contribution in [3.05, 3.63) is 82.3 Å². The number of carbonyl (C=O) groups excluding carboxylic acids is 2. The minimum absolute atomic E-state index is 0.0895. The van der Waals surface area contributed by atoms with E-state index in [2.05, 4.69) is 10.9 Å². The standard InChI is InChI=1S/C25H23Cl2N3O4/c1-33-22-12-6-11-21(24(22)34-15-18-19(26)9-5-10-20(18)27)28-29-25(32)16-13-23(31)30(14-16)17-7-3-2-4-8-17/h2-12,16,28H,13-15H2,1H3,(H,29,32)/t16-/m1/s1. The van der Waals surface area contributed by atoms with Gasteiger partial charge in [0.25, 0.3) is 0 Å². The fourth-order valence-electron chi connectivity index (χ4n) is 3.71. The van der Waals surface area contributed by atoms with Gasteiger partial charge in [-0.2, -0.15) is 0 Å². The van der Waals surface area contributed by atoms with E-state index in [4.69, 9.17) is 32.7 Å². The van der Waals surface area contributed by atoms with E-state index in [1.54, 1.807) is 41.3 Å². The van der Waals surface area contributed by atoms with Gasteiger partial charge in [-0.05, 0) is 36.4 Å². The van der Waals surface area contributed by atoms with Crippen LogP contribution in [0.2, 0.25) is 10.0 Å². The number of hydrogen-bond donors (Lipinski definition) is 2. The molecule has 9 heteroatoms. The fourth-order valence-corrected chi connectivity index (χ4v) is 4.22. The van der Waals surface area contributed by atoms with E-state index in [0.717, 1.165) is 5.69 Å². The Kier molecular flexibility index (Phi) is 7.45. The van der Waals surface area contributed by atoms with Crippen LogP contribution in [-0.2, 0) is 16.2 Å². The van der Waals surface area contributed by atoms with E-state index < -0.39 is 5.92 Å². The minimum atomic E-state index is -0.489. The molecule has 0 aromatic heterocycles. The Bertz CT molecular complexity index is 1170. The molecule has 1 heterocycles. The smallest absolute Gasteiger partial charge is 0.243 e. The maximum absolute atomic E-state index is 12.8. The van der Waals surface area contributed by atoms with Gasteiger partial charge in [-0.1, -0.05) is 53.5 Å². The maximum atomic E-state index is 12.8. The molecule has 2 N–H and O–H groups in total. The molecule has 1 atom stereocenters. The van der Waals surface area contributed by atoms with Gasteiger partial charge in [0.2, 0.25) is 11.8 Å². The van der Waals surface area contributed by atoms with Crippen LogP contribution in [-0.4, -0.2) is 25.5 Å². The minimum Gasteiger partial charge on any atom is -0.493 e. The zero-order valence-electron chi connectivity index (χ0n) is 18.4. The predicted molar refractivity (Wildman–Crippen MR) is 132 cm³/mol. The summed E-state index contributed by atoms with van der Waals surface area (Å²) in [5.74, 6) is -0.0244. The van der Waals surface area contributed by atoms with Crippen LogP contribution in [0.3, 0.4) is 0 Å². The number of carbonyl (C=O) groups is 2. The second kappa shape index (κ2) is 10.7. The van der Waals surface area contributed by atoms with Gasteiger partial charge in [0, 0.05) is 34.3 Å². The first kappa shape index (κ1) is 23.7. The van der Waals surface area contributed by atoms with Gasteiger partial charge in [0.05, 0.1) is 18.7 Å². The van der Waals surface area contributed by atoms with Crippen LogP contribution in [0.15, 0.2) is 66.7 Å². The molecule has 1 saturated heterocycles. The largest absolute Gasteiger partial charge is 0.493 e. The lowest BCUT2D eigenvalue weighted by atomic mass is 10.1. The molecule has 4 rings (SSSR count). The molecule has 3 aromatic rings. The SMILES string of the molecule is COc1cccc(NNC(=O)[C@@H]2CC(=O)N(c3ccccc3)C2)c1OCc1c(Cl)cccc1Cl. The molecule has 1 aliphatic heterocycles. The summed E-state index contributed by atoms with van der Waals surface area (Å²) in [5, 5.41) is 0.971. The van der Waals surface area contributed by atoms with Crippen molar-refractivity contribution in [1.82, 2.24) is 5.43 Å². The molecule has 0 saturated carbocycles. The number of rotatable bonds is 8. The lowest BCUT2D eigenvalue weighted by Gasteiger charge is -2.19. The molecule has 3 aromatic carbocycles. The van der Waals surface area contributed by atoms with Gasteiger partial charge >= 0.3 is 0 Å². The monoisotopic (exact) mass is 499 g/mol. The normalized spacial score (nSPS) is 15.2. The molecular formula is C25H23Cl2N3O4. The Morgan fingerprint density at radius 1 is 1.03 bits per heavy atom. The van der Waals surface area contributed by atoms with Crippen LogP contribution in [0.4, 0.5) is 11.4 Å². The molecule has 1 fully saturated rings. The van der Waals surface area contributed by atoms with E-state index >= 15 is 0 Å². The summed E-state index contributed by atoms with van der Waals surface area (Å²) in [6, 6.07) is 19.8. The Balaban J connectivity index is 1.44. The highest BCUT2D eigenvalue weighted by molar-refractivity contribution is 6.35. The van der Waals surface area contributed by atoms with Crippen LogP contribution in [0.25, 0.3) is 0 Å². The number of halogens is 2. The van der Waals surface area contributed by atoms with Gasteiger partial charge in [0.15, 0.2) is 11.5 Å². The van der Waals surface area contributed by atoms with Gasteiger partial charge in [-0.25, -0.2) is 0 Å². The van der Waals surface area contributed by atoms with Crippen molar-refractivity contribution in [2.24, 2.45) is 5.92 Å². The summed E-state index contributed by atoms with van der Waals surface area (Å²) in [6.45, 7) is 0.410. The number of methoxy groups -OCH3 is 1. The van der Waals surface area contributed by atoms with Gasteiger partial charge in [0.1, 0.15) is 6.61 Å². The highest BCUT2D eigenvalue weighted by atomic mass is 35.5. The topological polar surface area (TPSA) is 79.9 Å². The molecule has 0 bridgehead atoms. The first-order valence-corrected chi connectivity index (χ1v) is 11.4. The number of ether oxygens (including phenoxy) is 2. The first-order chi connectivity index (χ1) is 16.5. The summed E-state index contributed by atoms with van der Waals surface area (Å²) in [6.07, 6.45) is 0.134. The van der Waals surface area contributed by atoms with Crippen molar-refractivity contribution in [3.8, 4) is 11.5 Å². The number of nitrogens with one attached hydrogen (secondary N) is 2. The van der Waals surface area contributed by atoms with Crippen molar-refractivity contribution in [2.75, 3.05) is 24.0 Å². The summed E-state index contributed by atoms with van der Waals surface area (Å²) in [5.41, 5.74) is 7.49. The summed E-state index contributed by atoms with van der Waals surface area (Å²) >= 11 is 12.5. The van der Waals surface area contributed by atoms with Crippen LogP contribution in [0.5, 0.6) is 11.5 Å². The molecule has 0 spiro atoms. The second-order valence-corrected chi connectivity index (χ2v) is 8.50. The van der Waals surface area contributed by atoms with Crippen LogP contribution < -0.4 is 25.2 Å². The zero-order chi connectivity index (χ0) is 24.1. The predicted octanol–water partition coefficient (Wildman–Crippen LogP) is 5.08. The maximum Gasteiger partial charge on any atom is 0.243 e. The summed E-state index contributed by atoms with van der Waals surface area (Å²) in [7, 11) is 1.52. The molecule has 7 nitrogen and oxygen atoms in total. The van der Waals surface area contributed by atoms with Crippen molar-refractivity contribution >= 4 is 46.4 Å². The van der Waals surface area contributed by atoms with Crippen LogP contribution >= 0.6 is 23.2 Å². The van der Waals surface area contributed by atoms with E-state index in [1.165, 1.54) is 7.11 Å². The van der Waals surface area contributed by atoms with E-state index in [1.807, 2.05) is 30.3 Å². The van der Waals surface area contributed by atoms with Crippen molar-refractivity contribution in [3.63, 3.8) is 0 Å². The average Bonchev–Trinajstić information content (AvgIpc) is 3.24. The number of hydrogen-bond acceptors (Lipinski definition) is 5. The first-order valence-electron chi connectivity index (χ1n) is 10.6. The van der Waals surface area contributed by atoms with Crippen LogP contribution in [0, 0.1) is 5.92 Å². The number of para-hydroxylation sites is 2. The lowest BCUT2D eigenvalue weighted by molar-refractivity contribution is -0.125. The van der Waals surface area contributed by atoms with Gasteiger partial charge < -0.3 is 14.4 Å². The second-order valence-electron chi connectivity index (χ2n) is 7.68. The molecule has 176 valence electrons.